The van der Waals surface area contributed by atoms with Gasteiger partial charge in [-0.05, 0) is 66.3 Å². The SMILES string of the molecule is CC1(C)CC[C@]2(C(=O)O)CC[C@]3(C)C(=CC(=O)[C@@H]4[C@@]5(C)C[C@@H](O)[C@H](O)C(C)(CO)C5[C@H](O)C[C@]43C)[C@H]2[C@@H]1O. The molecule has 4 saturated carbocycles. The van der Waals surface area contributed by atoms with Crippen molar-refractivity contribution in [1.29, 1.82) is 0 Å². The predicted octanol–water partition coefficient (Wildman–Crippen LogP) is 2.30. The summed E-state index contributed by atoms with van der Waals surface area (Å²) in [6, 6.07) is 0. The summed E-state index contributed by atoms with van der Waals surface area (Å²) in [5.41, 5.74) is -4.56. The van der Waals surface area contributed by atoms with Crippen LogP contribution in [0.1, 0.15) is 80.1 Å². The summed E-state index contributed by atoms with van der Waals surface area (Å²) < 4.78 is 0. The fourth-order valence-electron chi connectivity index (χ4n) is 10.8. The van der Waals surface area contributed by atoms with E-state index in [1.165, 1.54) is 0 Å². The maximum absolute atomic E-state index is 14.3. The molecule has 0 saturated heterocycles. The summed E-state index contributed by atoms with van der Waals surface area (Å²) in [7, 11) is 0. The van der Waals surface area contributed by atoms with Crippen LogP contribution in [0.2, 0.25) is 0 Å². The summed E-state index contributed by atoms with van der Waals surface area (Å²) in [5, 5.41) is 66.2. The van der Waals surface area contributed by atoms with Gasteiger partial charge >= 0.3 is 5.97 Å². The second-order valence-electron chi connectivity index (χ2n) is 15.2. The van der Waals surface area contributed by atoms with Crippen LogP contribution in [-0.4, -0.2) is 73.4 Å². The largest absolute Gasteiger partial charge is 0.481 e. The molecule has 214 valence electrons. The molecule has 0 aromatic heterocycles. The first-order valence-electron chi connectivity index (χ1n) is 14.2. The van der Waals surface area contributed by atoms with E-state index < -0.39 is 87.2 Å². The van der Waals surface area contributed by atoms with Crippen LogP contribution in [0.5, 0.6) is 0 Å². The quantitative estimate of drug-likeness (QED) is 0.315. The molecule has 12 atom stereocenters. The lowest BCUT2D eigenvalue weighted by atomic mass is 9.32. The van der Waals surface area contributed by atoms with Gasteiger partial charge in [0, 0.05) is 23.2 Å². The van der Waals surface area contributed by atoms with Crippen LogP contribution >= 0.6 is 0 Å². The van der Waals surface area contributed by atoms with Gasteiger partial charge in [0.05, 0.1) is 36.4 Å². The number of rotatable bonds is 2. The number of carboxylic acid groups (broad SMARTS) is 1. The summed E-state index contributed by atoms with van der Waals surface area (Å²) in [5.74, 6) is -3.07. The molecule has 5 aliphatic carbocycles. The predicted molar refractivity (Wildman–Crippen MR) is 139 cm³/mol. The first-order chi connectivity index (χ1) is 17.4. The molecule has 8 heteroatoms. The third-order valence-electron chi connectivity index (χ3n) is 13.0. The van der Waals surface area contributed by atoms with E-state index in [1.54, 1.807) is 13.0 Å². The van der Waals surface area contributed by atoms with Crippen molar-refractivity contribution in [2.75, 3.05) is 6.61 Å². The molecule has 8 nitrogen and oxygen atoms in total. The van der Waals surface area contributed by atoms with Gasteiger partial charge in [-0.2, -0.15) is 0 Å². The molecule has 6 N–H and O–H groups in total. The number of aliphatic hydroxyl groups excluding tert-OH is 5. The van der Waals surface area contributed by atoms with Crippen molar-refractivity contribution in [1.82, 2.24) is 0 Å². The van der Waals surface area contributed by atoms with E-state index in [2.05, 4.69) is 6.92 Å². The normalized spacial score (nSPS) is 55.6. The minimum atomic E-state index is -1.24. The maximum atomic E-state index is 14.3. The molecule has 4 fully saturated rings. The van der Waals surface area contributed by atoms with Crippen LogP contribution in [-0.2, 0) is 9.59 Å². The standard InChI is InChI=1S/C30H46O8/c1-25(2)7-9-30(24(37)38)10-8-28(5)15(19(30)23(25)36)11-16(32)21-26(3)12-18(34)22(35)27(4,14-31)20(26)17(33)13-29(21,28)6/h11,17-23,31,33-36H,7-10,12-14H2,1-6H3,(H,37,38)/t17-,18-,19+,20?,21-,22+,23+,26+,27?,28-,29-,30+/m1/s1. The molecular weight excluding hydrogens is 488 g/mol. The van der Waals surface area contributed by atoms with Crippen LogP contribution < -0.4 is 0 Å². The average Bonchev–Trinajstić information content (AvgIpc) is 2.80. The lowest BCUT2D eigenvalue weighted by molar-refractivity contribution is -0.268. The van der Waals surface area contributed by atoms with Crippen molar-refractivity contribution in [2.24, 2.45) is 50.2 Å². The van der Waals surface area contributed by atoms with Crippen molar-refractivity contribution in [3.63, 3.8) is 0 Å². The third kappa shape index (κ3) is 3.10. The van der Waals surface area contributed by atoms with Crippen LogP contribution in [0.4, 0.5) is 0 Å². The Morgan fingerprint density at radius 1 is 0.895 bits per heavy atom. The maximum Gasteiger partial charge on any atom is 0.310 e. The number of aliphatic hydroxyl groups is 5. The number of carbonyl (C=O) groups is 2. The average molecular weight is 535 g/mol. The molecule has 0 radical (unpaired) electrons. The Balaban J connectivity index is 1.71. The lowest BCUT2D eigenvalue weighted by Crippen LogP contribution is -2.73. The van der Waals surface area contributed by atoms with Gasteiger partial charge in [0.25, 0.3) is 0 Å². The van der Waals surface area contributed by atoms with E-state index in [9.17, 15) is 40.2 Å². The van der Waals surface area contributed by atoms with Gasteiger partial charge in [-0.3, -0.25) is 9.59 Å². The first kappa shape index (κ1) is 28.2. The number of hydrogen-bond acceptors (Lipinski definition) is 7. The lowest BCUT2D eigenvalue weighted by Gasteiger charge is -2.71. The Kier molecular flexibility index (Phi) is 6.03. The minimum absolute atomic E-state index is 0.106. The van der Waals surface area contributed by atoms with Crippen LogP contribution in [0.25, 0.3) is 0 Å². The monoisotopic (exact) mass is 534 g/mol. The zero-order valence-electron chi connectivity index (χ0n) is 23.6. The van der Waals surface area contributed by atoms with Gasteiger partial charge in [-0.1, -0.05) is 47.1 Å². The van der Waals surface area contributed by atoms with E-state index in [0.29, 0.717) is 31.3 Å². The minimum Gasteiger partial charge on any atom is -0.481 e. The second kappa shape index (κ2) is 8.12. The van der Waals surface area contributed by atoms with E-state index >= 15 is 0 Å². The Morgan fingerprint density at radius 3 is 2.08 bits per heavy atom. The highest BCUT2D eigenvalue weighted by Crippen LogP contribution is 2.75. The third-order valence-corrected chi connectivity index (χ3v) is 13.0. The highest BCUT2D eigenvalue weighted by molar-refractivity contribution is 5.96. The van der Waals surface area contributed by atoms with Crippen molar-refractivity contribution in [2.45, 2.75) is 104 Å². The van der Waals surface area contributed by atoms with Crippen molar-refractivity contribution in [3.05, 3.63) is 11.6 Å². The number of aliphatic carboxylic acids is 1. The van der Waals surface area contributed by atoms with Crippen LogP contribution in [0.3, 0.4) is 0 Å². The summed E-state index contributed by atoms with van der Waals surface area (Å²) in [6.07, 6.45) is -0.468. The van der Waals surface area contributed by atoms with E-state index in [0.717, 1.165) is 0 Å². The molecule has 5 rings (SSSR count). The number of fused-ring (bicyclic) bond motifs is 7. The number of ketones is 1. The van der Waals surface area contributed by atoms with E-state index in [1.807, 2.05) is 27.7 Å². The highest BCUT2D eigenvalue weighted by Gasteiger charge is 2.74. The zero-order chi connectivity index (χ0) is 28.4. The molecule has 0 aromatic carbocycles. The first-order valence-corrected chi connectivity index (χ1v) is 14.2. The molecule has 0 amide bonds. The second-order valence-corrected chi connectivity index (χ2v) is 15.2. The summed E-state index contributed by atoms with van der Waals surface area (Å²) in [4.78, 5) is 27.1. The van der Waals surface area contributed by atoms with Gasteiger partial charge in [0.2, 0.25) is 0 Å². The van der Waals surface area contributed by atoms with Crippen molar-refractivity contribution >= 4 is 11.8 Å². The van der Waals surface area contributed by atoms with Gasteiger partial charge in [-0.15, -0.1) is 0 Å². The van der Waals surface area contributed by atoms with E-state index in [4.69, 9.17) is 0 Å². The molecule has 38 heavy (non-hydrogen) atoms. The smallest absolute Gasteiger partial charge is 0.310 e. The fourth-order valence-corrected chi connectivity index (χ4v) is 10.8. The summed E-state index contributed by atoms with van der Waals surface area (Å²) in [6.45, 7) is 11.1. The number of carbonyl (C=O) groups excluding carboxylic acids is 1. The summed E-state index contributed by atoms with van der Waals surface area (Å²) >= 11 is 0. The Bertz CT molecular complexity index is 1080. The van der Waals surface area contributed by atoms with Crippen LogP contribution in [0.15, 0.2) is 11.6 Å². The molecule has 0 spiro atoms. The Hall–Kier alpha value is -1.32. The fraction of sp³-hybridized carbons (Fsp3) is 0.867. The van der Waals surface area contributed by atoms with Crippen molar-refractivity contribution in [3.8, 4) is 0 Å². The molecule has 0 aliphatic heterocycles. The van der Waals surface area contributed by atoms with Gasteiger partial charge in [-0.25, -0.2) is 0 Å². The molecule has 0 heterocycles. The number of allylic oxidation sites excluding steroid dienone is 1. The molecule has 0 aromatic rings. The topological polar surface area (TPSA) is 156 Å². The van der Waals surface area contributed by atoms with E-state index in [-0.39, 0.29) is 18.6 Å². The van der Waals surface area contributed by atoms with Gasteiger partial charge in [0.1, 0.15) is 0 Å². The van der Waals surface area contributed by atoms with Gasteiger partial charge in [0.15, 0.2) is 5.78 Å². The molecule has 2 unspecified atom stereocenters. The number of carboxylic acids is 1. The molecule has 0 bridgehead atoms. The highest BCUT2D eigenvalue weighted by atomic mass is 16.4. The van der Waals surface area contributed by atoms with Gasteiger partial charge < -0.3 is 30.6 Å². The molecule has 5 aliphatic rings. The zero-order valence-corrected chi connectivity index (χ0v) is 23.6. The Labute approximate surface area is 225 Å². The molecular formula is C30H46O8. The number of hydrogen-bond donors (Lipinski definition) is 6. The Morgan fingerprint density at radius 2 is 1.50 bits per heavy atom. The van der Waals surface area contributed by atoms with Crippen molar-refractivity contribution < 1.29 is 40.2 Å². The van der Waals surface area contributed by atoms with Crippen LogP contribution in [0, 0.1) is 50.2 Å².